The van der Waals surface area contributed by atoms with Crippen molar-refractivity contribution in [2.45, 2.75) is 26.3 Å². The fourth-order valence-electron chi connectivity index (χ4n) is 3.34. The van der Waals surface area contributed by atoms with Crippen LogP contribution in [-0.2, 0) is 0 Å². The van der Waals surface area contributed by atoms with E-state index in [-0.39, 0.29) is 17.9 Å². The number of amides is 2. The Labute approximate surface area is 167 Å². The average molecular weight is 394 g/mol. The second kappa shape index (κ2) is 7.59. The van der Waals surface area contributed by atoms with E-state index >= 15 is 0 Å². The number of nitrogens with one attached hydrogen (secondary N) is 1. The quantitative estimate of drug-likeness (QED) is 0.723. The molecule has 7 heteroatoms. The van der Waals surface area contributed by atoms with Gasteiger partial charge in [0.15, 0.2) is 0 Å². The molecule has 0 spiro atoms. The fourth-order valence-corrected chi connectivity index (χ4v) is 4.16. The minimum absolute atomic E-state index is 0.0352. The van der Waals surface area contributed by atoms with Crippen LogP contribution in [0.5, 0.6) is 0 Å². The van der Waals surface area contributed by atoms with Crippen LogP contribution in [0.15, 0.2) is 48.5 Å². The Balaban J connectivity index is 1.42. The molecule has 1 fully saturated rings. The molecule has 1 aromatic carbocycles. The number of benzene rings is 1. The summed E-state index contributed by atoms with van der Waals surface area (Å²) in [7, 11) is 0. The Bertz CT molecular complexity index is 1010. The molecule has 0 bridgehead atoms. The summed E-state index contributed by atoms with van der Waals surface area (Å²) in [5, 5.41) is 7.42. The molecule has 2 amide bonds. The lowest BCUT2D eigenvalue weighted by Crippen LogP contribution is -2.55. The molecule has 1 saturated heterocycles. The first-order valence-corrected chi connectivity index (χ1v) is 10.1. The number of aryl methyl sites for hydroxylation is 2. The summed E-state index contributed by atoms with van der Waals surface area (Å²) < 4.78 is 1.66. The second-order valence-corrected chi connectivity index (χ2v) is 8.27. The molecule has 6 nitrogen and oxygen atoms in total. The van der Waals surface area contributed by atoms with Crippen molar-refractivity contribution < 1.29 is 9.59 Å². The topological polar surface area (TPSA) is 67.2 Å². The zero-order valence-corrected chi connectivity index (χ0v) is 16.7. The van der Waals surface area contributed by atoms with Gasteiger partial charge in [0, 0.05) is 18.0 Å². The molecule has 3 heterocycles. The monoisotopic (exact) mass is 394 g/mol. The maximum absolute atomic E-state index is 12.8. The van der Waals surface area contributed by atoms with Crippen molar-refractivity contribution in [3.05, 3.63) is 69.7 Å². The number of carbonyl (C=O) groups excluding carboxylic acids is 2. The van der Waals surface area contributed by atoms with Gasteiger partial charge in [-0.2, -0.15) is 5.10 Å². The highest BCUT2D eigenvalue weighted by Crippen LogP contribution is 2.24. The summed E-state index contributed by atoms with van der Waals surface area (Å²) in [6.07, 6.45) is 0.896. The maximum Gasteiger partial charge on any atom is 0.270 e. The van der Waals surface area contributed by atoms with E-state index in [9.17, 15) is 9.59 Å². The van der Waals surface area contributed by atoms with Crippen molar-refractivity contribution >= 4 is 23.2 Å². The van der Waals surface area contributed by atoms with Crippen molar-refractivity contribution in [2.24, 2.45) is 0 Å². The molecule has 1 atom stereocenters. The molecule has 1 unspecified atom stereocenters. The van der Waals surface area contributed by atoms with Crippen molar-refractivity contribution in [3.63, 3.8) is 0 Å². The normalized spacial score (nSPS) is 15.9. The van der Waals surface area contributed by atoms with E-state index in [1.165, 1.54) is 11.3 Å². The molecular weight excluding hydrogens is 372 g/mol. The number of nitrogens with zero attached hydrogens (tertiary/aromatic N) is 3. The number of carbonyl (C=O) groups is 2. The van der Waals surface area contributed by atoms with Crippen LogP contribution < -0.4 is 5.32 Å². The molecule has 1 aliphatic rings. The van der Waals surface area contributed by atoms with Crippen LogP contribution in [-0.4, -0.2) is 45.6 Å². The van der Waals surface area contributed by atoms with Crippen LogP contribution in [0.4, 0.5) is 0 Å². The second-order valence-electron chi connectivity index (χ2n) is 6.98. The first-order chi connectivity index (χ1) is 13.5. The minimum atomic E-state index is -0.185. The maximum atomic E-state index is 12.8. The Morgan fingerprint density at radius 1 is 1.18 bits per heavy atom. The molecule has 1 N–H and O–H groups in total. The lowest BCUT2D eigenvalue weighted by atomic mass is 10.0. The van der Waals surface area contributed by atoms with E-state index in [2.05, 4.69) is 10.4 Å². The average Bonchev–Trinajstić information content (AvgIpc) is 3.27. The molecular formula is C21H22N4O2S. The van der Waals surface area contributed by atoms with Crippen molar-refractivity contribution in [3.8, 4) is 5.69 Å². The van der Waals surface area contributed by atoms with E-state index in [1.807, 2.05) is 61.2 Å². The van der Waals surface area contributed by atoms with Crippen molar-refractivity contribution in [1.82, 2.24) is 20.0 Å². The fraction of sp³-hybridized carbons (Fsp3) is 0.286. The van der Waals surface area contributed by atoms with Gasteiger partial charge in [-0.3, -0.25) is 9.59 Å². The molecule has 144 valence electrons. The lowest BCUT2D eigenvalue weighted by Gasteiger charge is -2.40. The van der Waals surface area contributed by atoms with Crippen LogP contribution in [0.2, 0.25) is 0 Å². The molecule has 0 saturated carbocycles. The third kappa shape index (κ3) is 3.57. The predicted molar refractivity (Wildman–Crippen MR) is 109 cm³/mol. The Morgan fingerprint density at radius 2 is 1.96 bits per heavy atom. The zero-order chi connectivity index (χ0) is 19.7. The number of hydrogen-bond acceptors (Lipinski definition) is 4. The van der Waals surface area contributed by atoms with E-state index in [0.29, 0.717) is 12.2 Å². The van der Waals surface area contributed by atoms with E-state index in [1.54, 1.807) is 10.7 Å². The van der Waals surface area contributed by atoms with Gasteiger partial charge in [-0.15, -0.1) is 11.3 Å². The van der Waals surface area contributed by atoms with Gasteiger partial charge in [0.2, 0.25) is 0 Å². The van der Waals surface area contributed by atoms with Gasteiger partial charge in [-0.05, 0) is 50.6 Å². The first-order valence-electron chi connectivity index (χ1n) is 9.30. The zero-order valence-electron chi connectivity index (χ0n) is 15.9. The van der Waals surface area contributed by atoms with E-state index < -0.39 is 0 Å². The number of para-hydroxylation sites is 1. The smallest absolute Gasteiger partial charge is 0.270 e. The van der Waals surface area contributed by atoms with Gasteiger partial charge in [0.1, 0.15) is 5.69 Å². The van der Waals surface area contributed by atoms with Gasteiger partial charge in [0.25, 0.3) is 11.8 Å². The molecule has 3 aromatic rings. The third-order valence-corrected chi connectivity index (χ3v) is 5.91. The summed E-state index contributed by atoms with van der Waals surface area (Å²) in [5.41, 5.74) is 2.12. The van der Waals surface area contributed by atoms with Crippen LogP contribution in [0, 0.1) is 13.8 Å². The minimum Gasteiger partial charge on any atom is -0.349 e. The molecule has 0 aliphatic carbocycles. The Kier molecular flexibility index (Phi) is 5.00. The van der Waals surface area contributed by atoms with Gasteiger partial charge < -0.3 is 10.2 Å². The first kappa shape index (κ1) is 18.4. The summed E-state index contributed by atoms with van der Waals surface area (Å²) >= 11 is 1.51. The van der Waals surface area contributed by atoms with Gasteiger partial charge in [0.05, 0.1) is 22.3 Å². The number of rotatable bonds is 5. The summed E-state index contributed by atoms with van der Waals surface area (Å²) in [5.74, 6) is -0.135. The number of thiophene rings is 1. The van der Waals surface area contributed by atoms with Gasteiger partial charge in [-0.1, -0.05) is 18.2 Å². The highest BCUT2D eigenvalue weighted by molar-refractivity contribution is 7.13. The van der Waals surface area contributed by atoms with Crippen LogP contribution >= 0.6 is 11.3 Å². The molecule has 28 heavy (non-hydrogen) atoms. The largest absolute Gasteiger partial charge is 0.349 e. The molecule has 0 radical (unpaired) electrons. The molecule has 1 aliphatic heterocycles. The molecule has 2 aromatic heterocycles. The van der Waals surface area contributed by atoms with Crippen molar-refractivity contribution in [2.75, 3.05) is 13.1 Å². The summed E-state index contributed by atoms with van der Waals surface area (Å²) in [4.78, 5) is 29.1. The Hall–Kier alpha value is -2.93. The highest BCUT2D eigenvalue weighted by atomic mass is 32.1. The predicted octanol–water partition coefficient (Wildman–Crippen LogP) is 3.20. The third-order valence-electron chi connectivity index (χ3n) is 4.92. The van der Waals surface area contributed by atoms with Gasteiger partial charge in [-0.25, -0.2) is 4.68 Å². The van der Waals surface area contributed by atoms with Crippen LogP contribution in [0.1, 0.15) is 37.2 Å². The van der Waals surface area contributed by atoms with Crippen LogP contribution in [0.3, 0.4) is 0 Å². The number of hydrogen-bond donors (Lipinski definition) is 1. The lowest BCUT2D eigenvalue weighted by molar-refractivity contribution is 0.0460. The van der Waals surface area contributed by atoms with Crippen LogP contribution in [0.25, 0.3) is 5.69 Å². The standard InChI is InChI=1S/C21H22N4O2S/c1-14-12-18(25(23-14)16-6-4-3-5-7-16)20(26)22-13-17-10-11-24(17)21(27)19-9-8-15(2)28-19/h3-9,12,17H,10-11,13H2,1-2H3,(H,22,26). The summed E-state index contributed by atoms with van der Waals surface area (Å²) in [6.45, 7) is 5.03. The van der Waals surface area contributed by atoms with E-state index in [0.717, 1.165) is 34.1 Å². The van der Waals surface area contributed by atoms with Crippen molar-refractivity contribution in [1.29, 1.82) is 0 Å². The SMILES string of the molecule is Cc1cc(C(=O)NCC2CCN2C(=O)c2ccc(C)s2)n(-c2ccccc2)n1. The van der Waals surface area contributed by atoms with E-state index in [4.69, 9.17) is 0 Å². The van der Waals surface area contributed by atoms with Gasteiger partial charge >= 0.3 is 0 Å². The highest BCUT2D eigenvalue weighted by Gasteiger charge is 2.33. The summed E-state index contributed by atoms with van der Waals surface area (Å²) in [6, 6.07) is 15.2. The molecule has 4 rings (SSSR count). The number of aromatic nitrogens is 2. The number of likely N-dealkylation sites (tertiary alicyclic amines) is 1. The Morgan fingerprint density at radius 3 is 2.61 bits per heavy atom.